The molecule has 1 aromatic rings. The number of hydrogen-bond acceptors (Lipinski definition) is 3. The summed E-state index contributed by atoms with van der Waals surface area (Å²) in [6.07, 6.45) is 1.34. The third kappa shape index (κ3) is 3.22. The topological polar surface area (TPSA) is 64.3 Å². The van der Waals surface area contributed by atoms with Gasteiger partial charge in [-0.05, 0) is 18.6 Å². The molecule has 4 nitrogen and oxygen atoms in total. The van der Waals surface area contributed by atoms with Crippen molar-refractivity contribution in [2.24, 2.45) is 5.92 Å². The van der Waals surface area contributed by atoms with E-state index in [1.54, 1.807) is 19.2 Å². The van der Waals surface area contributed by atoms with Gasteiger partial charge in [-0.2, -0.15) is 5.26 Å². The Labute approximate surface area is 101 Å². The van der Waals surface area contributed by atoms with Crippen LogP contribution in [0.15, 0.2) is 24.3 Å². The fourth-order valence-corrected chi connectivity index (χ4v) is 1.59. The van der Waals surface area contributed by atoms with Gasteiger partial charge in [0.05, 0.1) is 6.07 Å². The number of anilines is 1. The first-order valence-electron chi connectivity index (χ1n) is 5.56. The van der Waals surface area contributed by atoms with Crippen LogP contribution in [0.1, 0.15) is 19.8 Å². The van der Waals surface area contributed by atoms with E-state index in [9.17, 15) is 9.90 Å². The van der Waals surface area contributed by atoms with Crippen LogP contribution in [0.5, 0.6) is 5.75 Å². The van der Waals surface area contributed by atoms with Crippen LogP contribution in [-0.2, 0) is 4.79 Å². The Kier molecular flexibility index (Phi) is 4.53. The number of hydrogen-bond donors (Lipinski definition) is 1. The second kappa shape index (κ2) is 5.90. The van der Waals surface area contributed by atoms with E-state index in [0.717, 1.165) is 6.42 Å². The quantitative estimate of drug-likeness (QED) is 0.866. The number of nitrogens with zero attached hydrogens (tertiary/aromatic N) is 2. The van der Waals surface area contributed by atoms with Gasteiger partial charge >= 0.3 is 0 Å². The van der Waals surface area contributed by atoms with Crippen molar-refractivity contribution in [1.82, 2.24) is 0 Å². The summed E-state index contributed by atoms with van der Waals surface area (Å²) < 4.78 is 0. The second-order valence-corrected chi connectivity index (χ2v) is 3.89. The Morgan fingerprint density at radius 3 is 2.82 bits per heavy atom. The molecule has 0 bridgehead atoms. The van der Waals surface area contributed by atoms with E-state index >= 15 is 0 Å². The lowest BCUT2D eigenvalue weighted by Gasteiger charge is -2.20. The van der Waals surface area contributed by atoms with Gasteiger partial charge in [0.1, 0.15) is 11.7 Å². The van der Waals surface area contributed by atoms with Gasteiger partial charge < -0.3 is 10.0 Å². The highest BCUT2D eigenvalue weighted by Gasteiger charge is 2.21. The maximum atomic E-state index is 12.0. The standard InChI is InChI=1S/C13H16N2O2/c1-3-5-10(9-14)13(17)15(2)11-6-4-7-12(16)8-11/h4,6-8,10,16H,3,5H2,1-2H3. The van der Waals surface area contributed by atoms with E-state index < -0.39 is 5.92 Å². The lowest BCUT2D eigenvalue weighted by atomic mass is 10.0. The highest BCUT2D eigenvalue weighted by Crippen LogP contribution is 2.21. The zero-order valence-electron chi connectivity index (χ0n) is 10.1. The highest BCUT2D eigenvalue weighted by molar-refractivity contribution is 5.96. The summed E-state index contributed by atoms with van der Waals surface area (Å²) in [5.74, 6) is -0.751. The monoisotopic (exact) mass is 232 g/mol. The van der Waals surface area contributed by atoms with Crippen molar-refractivity contribution < 1.29 is 9.90 Å². The first kappa shape index (κ1) is 13.0. The van der Waals surface area contributed by atoms with Crippen LogP contribution < -0.4 is 4.90 Å². The van der Waals surface area contributed by atoms with Crippen molar-refractivity contribution in [3.63, 3.8) is 0 Å². The van der Waals surface area contributed by atoms with E-state index in [4.69, 9.17) is 5.26 Å². The summed E-state index contributed by atoms with van der Waals surface area (Å²) >= 11 is 0. The molecular formula is C13H16N2O2. The first-order chi connectivity index (χ1) is 8.10. The molecule has 17 heavy (non-hydrogen) atoms. The Bertz CT molecular complexity index is 437. The first-order valence-corrected chi connectivity index (χ1v) is 5.56. The number of nitriles is 1. The average molecular weight is 232 g/mol. The van der Waals surface area contributed by atoms with Gasteiger partial charge in [0.15, 0.2) is 0 Å². The molecule has 0 saturated carbocycles. The van der Waals surface area contributed by atoms with Crippen molar-refractivity contribution in [3.8, 4) is 11.8 Å². The Morgan fingerprint density at radius 2 is 2.29 bits per heavy atom. The number of amides is 1. The molecule has 4 heteroatoms. The van der Waals surface area contributed by atoms with E-state index in [1.807, 2.05) is 13.0 Å². The average Bonchev–Trinajstić information content (AvgIpc) is 2.34. The summed E-state index contributed by atoms with van der Waals surface area (Å²) in [4.78, 5) is 13.4. The van der Waals surface area contributed by atoms with Gasteiger partial charge in [-0.15, -0.1) is 0 Å². The predicted molar refractivity (Wildman–Crippen MR) is 65.5 cm³/mol. The predicted octanol–water partition coefficient (Wildman–Crippen LogP) is 2.29. The zero-order valence-corrected chi connectivity index (χ0v) is 10.1. The number of phenols is 1. The number of rotatable bonds is 4. The van der Waals surface area contributed by atoms with Gasteiger partial charge in [0, 0.05) is 18.8 Å². The minimum atomic E-state index is -0.618. The minimum absolute atomic E-state index is 0.103. The van der Waals surface area contributed by atoms with Crippen LogP contribution in [0, 0.1) is 17.2 Å². The van der Waals surface area contributed by atoms with Crippen LogP contribution in [0.3, 0.4) is 0 Å². The molecule has 0 aliphatic heterocycles. The number of phenolic OH excluding ortho intramolecular Hbond substituents is 1. The van der Waals surface area contributed by atoms with Crippen molar-refractivity contribution in [2.45, 2.75) is 19.8 Å². The minimum Gasteiger partial charge on any atom is -0.508 e. The molecular weight excluding hydrogens is 216 g/mol. The molecule has 0 aliphatic carbocycles. The van der Waals surface area contributed by atoms with Crippen LogP contribution in [0.2, 0.25) is 0 Å². The lowest BCUT2D eigenvalue weighted by Crippen LogP contribution is -2.32. The van der Waals surface area contributed by atoms with Crippen molar-refractivity contribution in [2.75, 3.05) is 11.9 Å². The van der Waals surface area contributed by atoms with E-state index in [1.165, 1.54) is 17.0 Å². The summed E-state index contributed by atoms with van der Waals surface area (Å²) in [5, 5.41) is 18.3. The van der Waals surface area contributed by atoms with Gasteiger partial charge in [0.25, 0.3) is 0 Å². The van der Waals surface area contributed by atoms with Crippen LogP contribution >= 0.6 is 0 Å². The van der Waals surface area contributed by atoms with Crippen molar-refractivity contribution in [3.05, 3.63) is 24.3 Å². The summed E-state index contributed by atoms with van der Waals surface area (Å²) in [6, 6.07) is 8.43. The normalized spacial score (nSPS) is 11.6. The largest absolute Gasteiger partial charge is 0.508 e. The van der Waals surface area contributed by atoms with Gasteiger partial charge in [0.2, 0.25) is 5.91 Å². The maximum absolute atomic E-state index is 12.0. The van der Waals surface area contributed by atoms with Crippen LogP contribution in [0.4, 0.5) is 5.69 Å². The number of aromatic hydroxyl groups is 1. The lowest BCUT2D eigenvalue weighted by molar-refractivity contribution is -0.120. The molecule has 1 N–H and O–H groups in total. The molecule has 0 aromatic heterocycles. The molecule has 0 spiro atoms. The molecule has 1 atom stereocenters. The number of carbonyl (C=O) groups is 1. The molecule has 1 unspecified atom stereocenters. The molecule has 90 valence electrons. The fourth-order valence-electron chi connectivity index (χ4n) is 1.59. The van der Waals surface area contributed by atoms with Crippen LogP contribution in [-0.4, -0.2) is 18.1 Å². The van der Waals surface area contributed by atoms with E-state index in [-0.39, 0.29) is 11.7 Å². The Balaban J connectivity index is 2.86. The van der Waals surface area contributed by atoms with Gasteiger partial charge in [-0.3, -0.25) is 4.79 Å². The molecule has 0 saturated heterocycles. The van der Waals surface area contributed by atoms with Crippen LogP contribution in [0.25, 0.3) is 0 Å². The third-order valence-electron chi connectivity index (χ3n) is 2.58. The van der Waals surface area contributed by atoms with E-state index in [0.29, 0.717) is 12.1 Å². The number of benzene rings is 1. The third-order valence-corrected chi connectivity index (χ3v) is 2.58. The molecule has 0 fully saturated rings. The highest BCUT2D eigenvalue weighted by atomic mass is 16.3. The smallest absolute Gasteiger partial charge is 0.244 e. The summed E-state index contributed by atoms with van der Waals surface area (Å²) in [7, 11) is 1.61. The molecule has 1 amide bonds. The summed E-state index contributed by atoms with van der Waals surface area (Å²) in [6.45, 7) is 1.94. The summed E-state index contributed by atoms with van der Waals surface area (Å²) in [5.41, 5.74) is 0.589. The van der Waals surface area contributed by atoms with Gasteiger partial charge in [-0.25, -0.2) is 0 Å². The molecule has 1 aromatic carbocycles. The maximum Gasteiger partial charge on any atom is 0.244 e. The zero-order chi connectivity index (χ0) is 12.8. The van der Waals surface area contributed by atoms with E-state index in [2.05, 4.69) is 0 Å². The molecule has 0 aliphatic rings. The van der Waals surface area contributed by atoms with Crippen molar-refractivity contribution >= 4 is 11.6 Å². The van der Waals surface area contributed by atoms with Crippen molar-refractivity contribution in [1.29, 1.82) is 5.26 Å². The SMILES string of the molecule is CCCC(C#N)C(=O)N(C)c1cccc(O)c1. The number of carbonyl (C=O) groups excluding carboxylic acids is 1. The van der Waals surface area contributed by atoms with Gasteiger partial charge in [-0.1, -0.05) is 19.4 Å². The second-order valence-electron chi connectivity index (χ2n) is 3.89. The molecule has 1 rings (SSSR count). The molecule has 0 radical (unpaired) electrons. The Morgan fingerprint density at radius 1 is 1.59 bits per heavy atom. The fraction of sp³-hybridized carbons (Fsp3) is 0.385. The molecule has 0 heterocycles. The Hall–Kier alpha value is -2.02.